The van der Waals surface area contributed by atoms with E-state index in [4.69, 9.17) is 4.98 Å². The van der Waals surface area contributed by atoms with Crippen LogP contribution in [0.3, 0.4) is 0 Å². The first-order valence-electron chi connectivity index (χ1n) is 18.9. The summed E-state index contributed by atoms with van der Waals surface area (Å²) in [6, 6.07) is 65.6. The molecule has 0 unspecified atom stereocenters. The van der Waals surface area contributed by atoms with Gasteiger partial charge in [0.2, 0.25) is 0 Å². The van der Waals surface area contributed by atoms with Gasteiger partial charge in [0.05, 0.1) is 0 Å². The summed E-state index contributed by atoms with van der Waals surface area (Å²) in [6.45, 7) is 4.35. The minimum Gasteiger partial charge on any atom is -0.357 e. The Labute approximate surface area is 347 Å². The van der Waals surface area contributed by atoms with Gasteiger partial charge in [-0.15, -0.1) is 29.7 Å². The zero-order chi connectivity index (χ0) is 37.8. The van der Waals surface area contributed by atoms with E-state index >= 15 is 0 Å². The number of aromatic nitrogens is 4. The summed E-state index contributed by atoms with van der Waals surface area (Å²) in [6.07, 6.45) is 4.05. The number of imidazole rings is 1. The molecule has 0 aliphatic carbocycles. The van der Waals surface area contributed by atoms with Gasteiger partial charge in [0.15, 0.2) is 17.4 Å². The van der Waals surface area contributed by atoms with Gasteiger partial charge in [0.1, 0.15) is 5.82 Å². The van der Waals surface area contributed by atoms with Crippen LogP contribution in [-0.2, 0) is 28.1 Å². The summed E-state index contributed by atoms with van der Waals surface area (Å²) in [5.41, 5.74) is 15.2. The monoisotopic (exact) mass is 915 g/mol. The predicted octanol–water partition coefficient (Wildman–Crippen LogP) is 12.8. The Morgan fingerprint density at radius 2 is 1.21 bits per heavy atom. The van der Waals surface area contributed by atoms with Gasteiger partial charge < -0.3 is 9.47 Å². The third-order valence-corrected chi connectivity index (χ3v) is 10.8. The van der Waals surface area contributed by atoms with E-state index in [9.17, 15) is 0 Å². The van der Waals surface area contributed by atoms with Crippen molar-refractivity contribution in [2.75, 3.05) is 4.90 Å². The van der Waals surface area contributed by atoms with E-state index in [1.54, 1.807) is 0 Å². The molecule has 3 aromatic heterocycles. The molecule has 6 heteroatoms. The van der Waals surface area contributed by atoms with Crippen molar-refractivity contribution < 1.29 is 21.1 Å². The summed E-state index contributed by atoms with van der Waals surface area (Å²) in [4.78, 5) is 7.33. The molecule has 10 rings (SSSR count). The Kier molecular flexibility index (Phi) is 9.40. The molecule has 278 valence electrons. The van der Waals surface area contributed by atoms with E-state index in [2.05, 4.69) is 222 Å². The minimum absolute atomic E-state index is 0. The molecule has 5 nitrogen and oxygen atoms in total. The van der Waals surface area contributed by atoms with Crippen LogP contribution in [0.2, 0.25) is 0 Å². The van der Waals surface area contributed by atoms with Crippen molar-refractivity contribution in [1.82, 2.24) is 18.7 Å². The Morgan fingerprint density at radius 1 is 0.561 bits per heavy atom. The van der Waals surface area contributed by atoms with Crippen LogP contribution in [0.5, 0.6) is 0 Å². The van der Waals surface area contributed by atoms with Gasteiger partial charge in [0, 0.05) is 63.3 Å². The Hall–Kier alpha value is -6.55. The zero-order valence-corrected chi connectivity index (χ0v) is 34.1. The number of rotatable bonds is 7. The van der Waals surface area contributed by atoms with E-state index in [0.717, 1.165) is 72.5 Å². The molecule has 7 aromatic carbocycles. The number of para-hydroxylation sites is 4. The third-order valence-electron chi connectivity index (χ3n) is 10.8. The summed E-state index contributed by atoms with van der Waals surface area (Å²) in [5.74, 6) is 0.838. The molecule has 0 spiro atoms. The summed E-state index contributed by atoms with van der Waals surface area (Å²) in [7, 11) is 2.08. The number of anilines is 3. The SMILES string of the molecule is Cc1cccc(C)c1N(c1[c-]c(-n2[cH+]n(C)c3ccccc32)ccc1)c1[c-]c2c(cc1)c1ccccc1n2-c1cc(-c2ccccc2-c2ccccc2)ccn1.[Pt]. The Bertz CT molecular complexity index is 3070. The van der Waals surface area contributed by atoms with Crippen molar-refractivity contribution in [3.8, 4) is 33.8 Å². The van der Waals surface area contributed by atoms with E-state index < -0.39 is 0 Å². The molecular weight excluding hydrogens is 878 g/mol. The topological polar surface area (TPSA) is 30.9 Å². The van der Waals surface area contributed by atoms with Gasteiger partial charge in [0.25, 0.3) is 0 Å². The quantitative estimate of drug-likeness (QED) is 0.149. The first-order valence-corrected chi connectivity index (χ1v) is 18.9. The van der Waals surface area contributed by atoms with Crippen LogP contribution >= 0.6 is 0 Å². The molecule has 0 aliphatic heterocycles. The van der Waals surface area contributed by atoms with Crippen molar-refractivity contribution in [3.05, 3.63) is 200 Å². The molecule has 3 heterocycles. The van der Waals surface area contributed by atoms with Crippen molar-refractivity contribution in [3.63, 3.8) is 0 Å². The van der Waals surface area contributed by atoms with Crippen LogP contribution < -0.4 is 4.90 Å². The maximum absolute atomic E-state index is 5.02. The fourth-order valence-corrected chi connectivity index (χ4v) is 8.26. The van der Waals surface area contributed by atoms with Crippen molar-refractivity contribution in [2.45, 2.75) is 13.8 Å². The number of pyridine rings is 1. The van der Waals surface area contributed by atoms with Crippen LogP contribution in [0.15, 0.2) is 176 Å². The second-order valence-corrected chi connectivity index (χ2v) is 14.4. The maximum atomic E-state index is 5.02. The van der Waals surface area contributed by atoms with Gasteiger partial charge in [-0.25, -0.2) is 14.1 Å². The van der Waals surface area contributed by atoms with Gasteiger partial charge >= 0.3 is 0 Å². The smallest absolute Gasteiger partial charge is 0.188 e. The number of nitrogens with zero attached hydrogens (tertiary/aromatic N) is 5. The second kappa shape index (κ2) is 14.8. The molecule has 57 heavy (non-hydrogen) atoms. The molecule has 0 N–H and O–H groups in total. The van der Waals surface area contributed by atoms with Gasteiger partial charge in [-0.2, -0.15) is 12.1 Å². The number of benzene rings is 7. The molecule has 0 saturated heterocycles. The number of fused-ring (bicyclic) bond motifs is 4. The standard InChI is InChI=1S/C51H38N5.Pt/c1-35-15-13-16-36(2)51(35)55(40-20-14-19-39(32-40)54-34-53(3)47-25-11-12-26-48(47)54)41-27-28-45-44-23-9-10-24-46(44)56(49(45)33-41)50-31-38(29-30-52-50)43-22-8-7-21-42(43)37-17-5-4-6-18-37;/h4-31,34H,1-3H3;/q-1;. The normalized spacial score (nSPS) is 11.3. The Morgan fingerprint density at radius 3 is 2.00 bits per heavy atom. The zero-order valence-electron chi connectivity index (χ0n) is 31.8. The van der Waals surface area contributed by atoms with Crippen LogP contribution in [-0.4, -0.2) is 18.7 Å². The van der Waals surface area contributed by atoms with Crippen LogP contribution in [0.4, 0.5) is 17.1 Å². The van der Waals surface area contributed by atoms with Gasteiger partial charge in [-0.3, -0.25) is 0 Å². The molecule has 0 fully saturated rings. The average Bonchev–Trinajstić information content (AvgIpc) is 3.77. The molecule has 0 saturated carbocycles. The summed E-state index contributed by atoms with van der Waals surface area (Å²) in [5, 5.41) is 2.27. The van der Waals surface area contributed by atoms with Crippen LogP contribution in [0.1, 0.15) is 11.1 Å². The van der Waals surface area contributed by atoms with Crippen molar-refractivity contribution in [1.29, 1.82) is 0 Å². The molecule has 0 atom stereocenters. The van der Waals surface area contributed by atoms with Crippen molar-refractivity contribution in [2.24, 2.45) is 7.05 Å². The predicted molar refractivity (Wildman–Crippen MR) is 231 cm³/mol. The van der Waals surface area contributed by atoms with Crippen molar-refractivity contribution >= 4 is 49.9 Å². The van der Waals surface area contributed by atoms with Crippen LogP contribution in [0.25, 0.3) is 66.6 Å². The third kappa shape index (κ3) is 6.25. The Balaban J connectivity index is 0.00000422. The maximum Gasteiger partial charge on any atom is 0.188 e. The fourth-order valence-electron chi connectivity index (χ4n) is 8.26. The molecule has 0 amide bonds. The van der Waals surface area contributed by atoms with Crippen LogP contribution in [0, 0.1) is 26.0 Å². The molecule has 0 radical (unpaired) electrons. The number of aryl methyl sites for hydroxylation is 3. The van der Waals surface area contributed by atoms with Gasteiger partial charge in [-0.1, -0.05) is 114 Å². The number of hydrogen-bond acceptors (Lipinski definition) is 2. The second-order valence-electron chi connectivity index (χ2n) is 14.4. The van der Waals surface area contributed by atoms with E-state index in [1.165, 1.54) is 22.3 Å². The molecular formula is C51H38N5Pt-. The molecule has 0 bridgehead atoms. The summed E-state index contributed by atoms with van der Waals surface area (Å²) >= 11 is 0. The molecule has 0 aliphatic rings. The van der Waals surface area contributed by atoms with E-state index in [-0.39, 0.29) is 21.1 Å². The average molecular weight is 916 g/mol. The number of hydrogen-bond donors (Lipinski definition) is 0. The molecule has 10 aromatic rings. The fraction of sp³-hybridized carbons (Fsp3) is 0.0588. The largest absolute Gasteiger partial charge is 0.357 e. The van der Waals surface area contributed by atoms with Gasteiger partial charge in [-0.05, 0) is 82.9 Å². The minimum atomic E-state index is 0. The first-order chi connectivity index (χ1) is 27.5. The van der Waals surface area contributed by atoms with E-state index in [1.807, 2.05) is 6.20 Å². The summed E-state index contributed by atoms with van der Waals surface area (Å²) < 4.78 is 6.63. The first kappa shape index (κ1) is 36.1. The van der Waals surface area contributed by atoms with E-state index in [0.29, 0.717) is 0 Å².